The van der Waals surface area contributed by atoms with Crippen molar-refractivity contribution in [3.8, 4) is 0 Å². The van der Waals surface area contributed by atoms with Crippen molar-refractivity contribution in [3.05, 3.63) is 65.7 Å². The van der Waals surface area contributed by atoms with Crippen molar-refractivity contribution in [1.29, 1.82) is 0 Å². The summed E-state index contributed by atoms with van der Waals surface area (Å²) in [7, 11) is 7.36. The van der Waals surface area contributed by atoms with Crippen LogP contribution in [0.2, 0.25) is 0 Å². The molecule has 1 fully saturated rings. The molecule has 1 aliphatic heterocycles. The third-order valence-electron chi connectivity index (χ3n) is 17.5. The molecule has 3 rings (SSSR count). The summed E-state index contributed by atoms with van der Waals surface area (Å²) >= 11 is 1.36. The first-order chi connectivity index (χ1) is 43.9. The SMILES string of the molecule is CCC(C)CSC(CC(=O)OC)C(=O)NCCC(=O)N[C@H](C(=O)N[C@@H](C)C(=O)Nc1ccc(COC(=O)N(C)[C@H](C(=O)N[C@H](C(=O)N(C)[C@@H]([C@@H](C)CC)[C@@H](CC(=O)N2CCC[C@H]2[C@H](OC)[C@@H](C)C(=O)N[C@H](C)[C@@H](O)c2ccccc2)OC)C(C)C)C(C)C)cc1)C(C)C. The predicted molar refractivity (Wildman–Crippen MR) is 358 cm³/mol. The topological polar surface area (TPSA) is 310 Å². The van der Waals surface area contributed by atoms with Crippen LogP contribution >= 0.6 is 11.8 Å². The maximum Gasteiger partial charge on any atom is 0.410 e. The fourth-order valence-electron chi connectivity index (χ4n) is 11.3. The first-order valence-electron chi connectivity index (χ1n) is 32.7. The molecule has 93 heavy (non-hydrogen) atoms. The maximum atomic E-state index is 14.8. The number of likely N-dealkylation sites (tertiary alicyclic amines) is 1. The molecule has 1 saturated heterocycles. The first-order valence-corrected chi connectivity index (χ1v) is 33.7. The lowest BCUT2D eigenvalue weighted by atomic mass is 9.89. The van der Waals surface area contributed by atoms with Gasteiger partial charge in [0.05, 0.1) is 67.6 Å². The molecule has 0 saturated carbocycles. The van der Waals surface area contributed by atoms with Crippen LogP contribution < -0.4 is 31.9 Å². The van der Waals surface area contributed by atoms with E-state index >= 15 is 0 Å². The van der Waals surface area contributed by atoms with Gasteiger partial charge in [0.15, 0.2) is 0 Å². The average molecular weight is 1320 g/mol. The molecule has 1 heterocycles. The largest absolute Gasteiger partial charge is 0.469 e. The second kappa shape index (κ2) is 39.8. The van der Waals surface area contributed by atoms with Gasteiger partial charge in [-0.25, -0.2) is 4.79 Å². The van der Waals surface area contributed by atoms with Gasteiger partial charge in [0.1, 0.15) is 30.8 Å². The van der Waals surface area contributed by atoms with Gasteiger partial charge in [-0.1, -0.05) is 131 Å². The highest BCUT2D eigenvalue weighted by atomic mass is 32.2. The highest BCUT2D eigenvalue weighted by Gasteiger charge is 2.44. The van der Waals surface area contributed by atoms with E-state index in [1.54, 1.807) is 109 Å². The van der Waals surface area contributed by atoms with Crippen LogP contribution in [0.1, 0.15) is 152 Å². The molecule has 0 aromatic heterocycles. The number of ether oxygens (including phenoxy) is 4. The van der Waals surface area contributed by atoms with Crippen molar-refractivity contribution in [2.75, 3.05) is 59.6 Å². The lowest BCUT2D eigenvalue weighted by Gasteiger charge is -2.41. The van der Waals surface area contributed by atoms with E-state index in [0.29, 0.717) is 54.3 Å². The molecule has 1 aliphatic rings. The van der Waals surface area contributed by atoms with E-state index in [2.05, 4.69) is 38.8 Å². The highest BCUT2D eigenvalue weighted by molar-refractivity contribution is 8.00. The fourth-order valence-corrected chi connectivity index (χ4v) is 12.6. The zero-order valence-electron chi connectivity index (χ0n) is 58.2. The van der Waals surface area contributed by atoms with Crippen molar-refractivity contribution in [1.82, 2.24) is 41.3 Å². The molecule has 2 aromatic carbocycles. The number of rotatable bonds is 38. The standard InChI is InChI=1S/C68H109N9O15S/c1-19-42(9)38-93-52(36-55(80)90-17)64(84)69-33-32-53(78)73-56(39(3)4)65(85)71-46(13)63(83)72-49-30-28-47(29-31-49)37-92-68(88)76(15)58(41(7)8)66(86)74-57(40(5)6)67(87)75(14)59(43(10)20-2)51(89-16)35-54(79)77-34-24-27-50(77)61(91-18)44(11)62(82)70-45(12)60(81)48-25-22-21-23-26-48/h21-23,25-26,28-31,39-46,50-52,56-61,81H,19-20,24,27,32-38H2,1-18H3,(H,69,84)(H,70,82)(H,71,85)(H,72,83)(H,73,78)(H,74,86)/t42?,43-,44+,45+,46-,50-,51+,52?,56-,57-,58-,59-,60+,61+/m0/s1. The van der Waals surface area contributed by atoms with E-state index in [-0.39, 0.29) is 56.1 Å². The molecule has 7 N–H and O–H groups in total. The van der Waals surface area contributed by atoms with Gasteiger partial charge in [-0.05, 0) is 85.3 Å². The second-order valence-corrected chi connectivity index (χ2v) is 26.9. The Bertz CT molecular complexity index is 2740. The number of carbonyl (C=O) groups is 10. The van der Waals surface area contributed by atoms with Crippen LogP contribution in [0, 0.1) is 35.5 Å². The van der Waals surface area contributed by atoms with E-state index < -0.39 is 131 Å². The molecule has 0 aliphatic carbocycles. The number of nitrogens with zero attached hydrogens (tertiary/aromatic N) is 3. The number of carbonyl (C=O) groups excluding carboxylic acids is 10. The molecule has 2 aromatic rings. The molecule has 9 amide bonds. The summed E-state index contributed by atoms with van der Waals surface area (Å²) in [6.07, 6.45) is -0.679. The zero-order chi connectivity index (χ0) is 70.0. The summed E-state index contributed by atoms with van der Waals surface area (Å²) in [4.78, 5) is 140. The van der Waals surface area contributed by atoms with Crippen molar-refractivity contribution < 1.29 is 72.0 Å². The lowest BCUT2D eigenvalue weighted by Crippen LogP contribution is -2.60. The highest BCUT2D eigenvalue weighted by Crippen LogP contribution is 2.31. The number of nitrogens with one attached hydrogen (secondary N) is 6. The van der Waals surface area contributed by atoms with Crippen molar-refractivity contribution in [3.63, 3.8) is 0 Å². The van der Waals surface area contributed by atoms with Crippen LogP contribution in [-0.4, -0.2) is 193 Å². The molecule has 0 spiro atoms. The maximum absolute atomic E-state index is 14.8. The zero-order valence-corrected chi connectivity index (χ0v) is 59.0. The van der Waals surface area contributed by atoms with Gasteiger partial charge in [0.25, 0.3) is 0 Å². The average Bonchev–Trinajstić information content (AvgIpc) is 2.10. The minimum Gasteiger partial charge on any atom is -0.469 e. The monoisotopic (exact) mass is 1320 g/mol. The number of esters is 1. The van der Waals surface area contributed by atoms with E-state index in [9.17, 15) is 53.1 Å². The predicted octanol–water partition coefficient (Wildman–Crippen LogP) is 6.38. The second-order valence-electron chi connectivity index (χ2n) is 25.7. The van der Waals surface area contributed by atoms with Crippen LogP contribution in [0.3, 0.4) is 0 Å². The summed E-state index contributed by atoms with van der Waals surface area (Å²) in [5, 5.41) is 27.0. The van der Waals surface area contributed by atoms with Gasteiger partial charge in [0, 0.05) is 53.5 Å². The van der Waals surface area contributed by atoms with Gasteiger partial charge in [0.2, 0.25) is 47.3 Å². The Labute approximate surface area is 555 Å². The summed E-state index contributed by atoms with van der Waals surface area (Å²) in [6.45, 7) is 23.9. The number of methoxy groups -OCH3 is 3. The molecule has 0 radical (unpaired) electrons. The number of benzene rings is 2. The number of thioether (sulfide) groups is 1. The Morgan fingerprint density at radius 2 is 1.32 bits per heavy atom. The minimum atomic E-state index is -1.07. The van der Waals surface area contributed by atoms with Gasteiger partial charge in [-0.15, -0.1) is 11.8 Å². The van der Waals surface area contributed by atoms with Gasteiger partial charge in [-0.3, -0.25) is 48.1 Å². The van der Waals surface area contributed by atoms with E-state index in [4.69, 9.17) is 18.9 Å². The summed E-state index contributed by atoms with van der Waals surface area (Å²) in [6, 6.07) is 9.73. The molecule has 24 nitrogen and oxygen atoms in total. The van der Waals surface area contributed by atoms with E-state index in [1.807, 2.05) is 39.0 Å². The van der Waals surface area contributed by atoms with E-state index in [1.165, 1.54) is 52.0 Å². The van der Waals surface area contributed by atoms with Crippen LogP contribution in [0.15, 0.2) is 54.6 Å². The van der Waals surface area contributed by atoms with Crippen molar-refractivity contribution in [2.24, 2.45) is 35.5 Å². The first kappa shape index (κ1) is 80.4. The Morgan fingerprint density at radius 3 is 1.88 bits per heavy atom. The quantitative estimate of drug-likeness (QED) is 0.0359. The molecule has 522 valence electrons. The van der Waals surface area contributed by atoms with Crippen LogP contribution in [0.25, 0.3) is 0 Å². The van der Waals surface area contributed by atoms with Gasteiger partial charge >= 0.3 is 12.1 Å². The van der Waals surface area contributed by atoms with Crippen LogP contribution in [0.5, 0.6) is 0 Å². The van der Waals surface area contributed by atoms with E-state index in [0.717, 1.165) is 6.42 Å². The number of aliphatic hydroxyl groups excluding tert-OH is 1. The number of hydrogen-bond donors (Lipinski definition) is 7. The number of hydrogen-bond acceptors (Lipinski definition) is 16. The van der Waals surface area contributed by atoms with Gasteiger partial charge < -0.3 is 65.8 Å². The summed E-state index contributed by atoms with van der Waals surface area (Å²) < 4.78 is 22.5. The molecule has 0 bridgehead atoms. The minimum absolute atomic E-state index is 0.0302. The van der Waals surface area contributed by atoms with Crippen LogP contribution in [0.4, 0.5) is 10.5 Å². The third-order valence-corrected chi connectivity index (χ3v) is 19.0. The Balaban J connectivity index is 1.61. The molecular formula is C68H109N9O15S. The molecular weight excluding hydrogens is 1210 g/mol. The normalized spacial score (nSPS) is 17.4. The van der Waals surface area contributed by atoms with Crippen molar-refractivity contribution >= 4 is 76.8 Å². The molecule has 14 atom stereocenters. The summed E-state index contributed by atoms with van der Waals surface area (Å²) in [5.41, 5.74) is 1.60. The Hall–Kier alpha value is -6.83. The number of anilines is 1. The molecule has 2 unspecified atom stereocenters. The lowest BCUT2D eigenvalue weighted by molar-refractivity contribution is -0.148. The Morgan fingerprint density at radius 1 is 0.688 bits per heavy atom. The smallest absolute Gasteiger partial charge is 0.410 e. The third kappa shape index (κ3) is 24.5. The Kier molecular flexibility index (Phi) is 34.4. The fraction of sp³-hybridized carbons (Fsp3) is 0.676. The van der Waals surface area contributed by atoms with Gasteiger partial charge in [-0.2, -0.15) is 0 Å². The molecule has 25 heteroatoms. The summed E-state index contributed by atoms with van der Waals surface area (Å²) in [5.74, 6) is -5.14. The van der Waals surface area contributed by atoms with Crippen LogP contribution in [-0.2, 0) is 68.7 Å². The number of aliphatic hydroxyl groups is 1. The van der Waals surface area contributed by atoms with Crippen molar-refractivity contribution in [2.45, 2.75) is 207 Å². The number of likely N-dealkylation sites (N-methyl/N-ethyl adjacent to an activating group) is 2. The number of amides is 9.